The fourth-order valence-electron chi connectivity index (χ4n) is 3.24. The quantitative estimate of drug-likeness (QED) is 0.420. The second-order valence-electron chi connectivity index (χ2n) is 6.97. The first-order valence-electron chi connectivity index (χ1n) is 10.2. The first kappa shape index (κ1) is 20.9. The number of benzene rings is 3. The Hall–Kier alpha value is -4.32. The Morgan fingerprint density at radius 2 is 1.59 bits per heavy atom. The van der Waals surface area contributed by atoms with Crippen LogP contribution in [0.2, 0.25) is 0 Å². The molecular weight excluding hydrogens is 402 g/mol. The van der Waals surface area contributed by atoms with E-state index in [9.17, 15) is 4.79 Å². The van der Waals surface area contributed by atoms with Crippen LogP contribution in [-0.2, 0) is 4.79 Å². The minimum absolute atomic E-state index is 0.161. The Morgan fingerprint density at radius 3 is 2.25 bits per heavy atom. The maximum Gasteiger partial charge on any atom is 0.261 e. The zero-order valence-electron chi connectivity index (χ0n) is 17.6. The predicted octanol–water partition coefficient (Wildman–Crippen LogP) is 4.92. The number of H-pyrrole nitrogens is 1. The molecule has 0 aliphatic rings. The molecule has 4 rings (SSSR count). The number of nitrogens with zero attached hydrogens (tertiary/aromatic N) is 1. The normalized spacial score (nSPS) is 10.8. The highest BCUT2D eigenvalue weighted by Gasteiger charge is 2.18. The van der Waals surface area contributed by atoms with Crippen LogP contribution in [0, 0.1) is 0 Å². The van der Waals surface area contributed by atoms with Gasteiger partial charge >= 0.3 is 0 Å². The van der Waals surface area contributed by atoms with Crippen molar-refractivity contribution in [2.24, 2.45) is 0 Å². The van der Waals surface area contributed by atoms with Crippen LogP contribution in [0.25, 0.3) is 28.5 Å². The summed E-state index contributed by atoms with van der Waals surface area (Å²) in [5.41, 5.74) is 4.54. The average molecular weight is 425 g/mol. The third-order valence-corrected chi connectivity index (χ3v) is 4.83. The molecule has 0 radical (unpaired) electrons. The van der Waals surface area contributed by atoms with Gasteiger partial charge in [0.25, 0.3) is 5.91 Å². The Balaban J connectivity index is 1.45. The minimum Gasteiger partial charge on any atom is -0.497 e. The first-order chi connectivity index (χ1) is 15.7. The number of aromatic nitrogens is 2. The monoisotopic (exact) mass is 425 g/mol. The van der Waals surface area contributed by atoms with Crippen LogP contribution in [0.4, 0.5) is 0 Å². The number of ether oxygens (including phenoxy) is 2. The van der Waals surface area contributed by atoms with Crippen molar-refractivity contribution in [3.8, 4) is 34.0 Å². The Morgan fingerprint density at radius 1 is 0.938 bits per heavy atom. The van der Waals surface area contributed by atoms with Crippen molar-refractivity contribution in [2.45, 2.75) is 0 Å². The molecule has 2 N–H and O–H groups in total. The van der Waals surface area contributed by atoms with E-state index in [2.05, 4.69) is 15.5 Å². The number of amides is 1. The van der Waals surface area contributed by atoms with Gasteiger partial charge in [0.05, 0.1) is 18.4 Å². The van der Waals surface area contributed by atoms with Crippen molar-refractivity contribution in [1.82, 2.24) is 15.5 Å². The van der Waals surface area contributed by atoms with Crippen molar-refractivity contribution in [2.75, 3.05) is 13.7 Å². The molecule has 1 amide bonds. The summed E-state index contributed by atoms with van der Waals surface area (Å²) in [6.45, 7) is -0.161. The second-order valence-corrected chi connectivity index (χ2v) is 6.97. The first-order valence-corrected chi connectivity index (χ1v) is 10.2. The summed E-state index contributed by atoms with van der Waals surface area (Å²) in [4.78, 5) is 12.3. The Bertz CT molecular complexity index is 1180. The molecule has 6 heteroatoms. The van der Waals surface area contributed by atoms with E-state index in [1.165, 1.54) is 0 Å². The molecule has 0 saturated carbocycles. The molecule has 0 saturated heterocycles. The number of methoxy groups -OCH3 is 1. The van der Waals surface area contributed by atoms with Crippen molar-refractivity contribution in [3.63, 3.8) is 0 Å². The van der Waals surface area contributed by atoms with Gasteiger partial charge in [-0.1, -0.05) is 72.8 Å². The summed E-state index contributed by atoms with van der Waals surface area (Å²) >= 11 is 0. The van der Waals surface area contributed by atoms with E-state index in [4.69, 9.17) is 9.47 Å². The van der Waals surface area contributed by atoms with Crippen LogP contribution >= 0.6 is 0 Å². The van der Waals surface area contributed by atoms with E-state index < -0.39 is 0 Å². The number of hydrogen-bond donors (Lipinski definition) is 2. The molecule has 160 valence electrons. The molecule has 3 aromatic carbocycles. The molecule has 1 aromatic heterocycles. The van der Waals surface area contributed by atoms with E-state index in [0.717, 1.165) is 33.7 Å². The molecular formula is C26H23N3O3. The van der Waals surface area contributed by atoms with Crippen LogP contribution in [0.5, 0.6) is 11.6 Å². The zero-order chi connectivity index (χ0) is 22.2. The molecule has 4 aromatic rings. The van der Waals surface area contributed by atoms with E-state index in [1.54, 1.807) is 19.4 Å². The van der Waals surface area contributed by atoms with Gasteiger partial charge in [0.2, 0.25) is 5.88 Å². The average Bonchev–Trinajstić information content (AvgIpc) is 3.28. The van der Waals surface area contributed by atoms with Gasteiger partial charge in [-0.15, -0.1) is 5.10 Å². The molecule has 0 aliphatic carbocycles. The largest absolute Gasteiger partial charge is 0.497 e. The third kappa shape index (κ3) is 5.05. The standard InChI is InChI=1S/C26H23N3O3/c1-31-22-14-12-19(13-15-22)16-17-27-23(30)18-32-26-24(20-8-4-2-5-9-20)25(28-29-26)21-10-6-3-7-11-21/h2-17H,18H2,1H3,(H,27,30)(H,28,29). The van der Waals surface area contributed by atoms with Crippen molar-refractivity contribution >= 4 is 12.0 Å². The fourth-order valence-corrected chi connectivity index (χ4v) is 3.24. The SMILES string of the molecule is COc1ccc(C=CNC(=O)COc2n[nH]c(-c3ccccc3)c2-c2ccccc2)cc1. The molecule has 0 bridgehead atoms. The van der Waals surface area contributed by atoms with Gasteiger partial charge in [0.1, 0.15) is 5.75 Å². The summed E-state index contributed by atoms with van der Waals surface area (Å²) < 4.78 is 10.9. The number of carbonyl (C=O) groups excluding carboxylic acids is 1. The molecule has 6 nitrogen and oxygen atoms in total. The van der Waals surface area contributed by atoms with Gasteiger partial charge in [0.15, 0.2) is 6.61 Å². The number of hydrogen-bond acceptors (Lipinski definition) is 4. The smallest absolute Gasteiger partial charge is 0.261 e. The van der Waals surface area contributed by atoms with E-state index in [1.807, 2.05) is 84.9 Å². The third-order valence-electron chi connectivity index (χ3n) is 4.83. The molecule has 32 heavy (non-hydrogen) atoms. The molecule has 1 heterocycles. The van der Waals surface area contributed by atoms with Gasteiger partial charge in [-0.05, 0) is 29.3 Å². The maximum absolute atomic E-state index is 12.3. The molecule has 0 atom stereocenters. The fraction of sp³-hybridized carbons (Fsp3) is 0.0769. The topological polar surface area (TPSA) is 76.2 Å². The van der Waals surface area contributed by atoms with Crippen LogP contribution in [0.1, 0.15) is 5.56 Å². The van der Waals surface area contributed by atoms with E-state index in [0.29, 0.717) is 5.88 Å². The minimum atomic E-state index is -0.280. The van der Waals surface area contributed by atoms with Crippen molar-refractivity contribution in [1.29, 1.82) is 0 Å². The van der Waals surface area contributed by atoms with Crippen LogP contribution in [-0.4, -0.2) is 29.8 Å². The van der Waals surface area contributed by atoms with E-state index >= 15 is 0 Å². The van der Waals surface area contributed by atoms with Gasteiger partial charge in [-0.25, -0.2) is 0 Å². The molecule has 0 unspecified atom stereocenters. The summed E-state index contributed by atoms with van der Waals surface area (Å²) in [7, 11) is 1.62. The molecule has 0 fully saturated rings. The maximum atomic E-state index is 12.3. The lowest BCUT2D eigenvalue weighted by atomic mass is 10.0. The lowest BCUT2D eigenvalue weighted by Crippen LogP contribution is -2.24. The summed E-state index contributed by atoms with van der Waals surface area (Å²) in [6, 6.07) is 27.3. The highest BCUT2D eigenvalue weighted by molar-refractivity contribution is 5.85. The van der Waals surface area contributed by atoms with Crippen molar-refractivity contribution in [3.05, 3.63) is 96.7 Å². The van der Waals surface area contributed by atoms with E-state index in [-0.39, 0.29) is 12.5 Å². The molecule has 0 spiro atoms. The highest BCUT2D eigenvalue weighted by atomic mass is 16.5. The number of rotatable bonds is 8. The van der Waals surface area contributed by atoms with Gasteiger partial charge in [-0.2, -0.15) is 0 Å². The lowest BCUT2D eigenvalue weighted by molar-refractivity contribution is -0.122. The summed E-state index contributed by atoms with van der Waals surface area (Å²) in [5.74, 6) is 0.880. The second kappa shape index (κ2) is 10.1. The van der Waals surface area contributed by atoms with Crippen molar-refractivity contribution < 1.29 is 14.3 Å². The van der Waals surface area contributed by atoms with Crippen LogP contribution in [0.15, 0.2) is 91.1 Å². The Labute approximate surface area is 186 Å². The number of aromatic amines is 1. The predicted molar refractivity (Wildman–Crippen MR) is 125 cm³/mol. The summed E-state index contributed by atoms with van der Waals surface area (Å²) in [5, 5.41) is 10.1. The van der Waals surface area contributed by atoms with Gasteiger partial charge in [0, 0.05) is 11.8 Å². The number of carbonyl (C=O) groups is 1. The van der Waals surface area contributed by atoms with Gasteiger partial charge in [-0.3, -0.25) is 9.89 Å². The lowest BCUT2D eigenvalue weighted by Gasteiger charge is -2.08. The van der Waals surface area contributed by atoms with Crippen LogP contribution in [0.3, 0.4) is 0 Å². The number of nitrogens with one attached hydrogen (secondary N) is 2. The zero-order valence-corrected chi connectivity index (χ0v) is 17.6. The van der Waals surface area contributed by atoms with Gasteiger partial charge < -0.3 is 14.8 Å². The summed E-state index contributed by atoms with van der Waals surface area (Å²) in [6.07, 6.45) is 3.39. The Kier molecular flexibility index (Phi) is 6.63. The van der Waals surface area contributed by atoms with Crippen LogP contribution < -0.4 is 14.8 Å². The highest BCUT2D eigenvalue weighted by Crippen LogP contribution is 2.37. The molecule has 0 aliphatic heterocycles.